The number of likely N-dealkylation sites (tertiary alicyclic amines) is 1. The molecule has 0 bridgehead atoms. The molecule has 4 heterocycles. The zero-order valence-electron chi connectivity index (χ0n) is 17.1. The molecule has 148 valence electrons. The molecule has 29 heavy (non-hydrogen) atoms. The van der Waals surface area contributed by atoms with Crippen LogP contribution in [0.1, 0.15) is 35.8 Å². The van der Waals surface area contributed by atoms with Crippen LogP contribution < -0.4 is 5.56 Å². The highest BCUT2D eigenvalue weighted by atomic mass is 16.1. The summed E-state index contributed by atoms with van der Waals surface area (Å²) >= 11 is 0. The number of H-pyrrole nitrogens is 1. The van der Waals surface area contributed by atoms with Crippen molar-refractivity contribution in [3.8, 4) is 11.1 Å². The third-order valence-corrected chi connectivity index (χ3v) is 6.06. The summed E-state index contributed by atoms with van der Waals surface area (Å²) in [5.74, 6) is 1.16. The second kappa shape index (κ2) is 6.81. The predicted octanol–water partition coefficient (Wildman–Crippen LogP) is 3.66. The molecule has 0 spiro atoms. The summed E-state index contributed by atoms with van der Waals surface area (Å²) in [6, 6.07) is 8.07. The molecular weight excluding hydrogens is 362 g/mol. The lowest BCUT2D eigenvalue weighted by atomic mass is 9.96. The first-order valence-electron chi connectivity index (χ1n) is 10.2. The van der Waals surface area contributed by atoms with Gasteiger partial charge >= 0.3 is 0 Å². The van der Waals surface area contributed by atoms with E-state index in [1.165, 1.54) is 0 Å². The Morgan fingerprint density at radius 3 is 2.66 bits per heavy atom. The predicted molar refractivity (Wildman–Crippen MR) is 115 cm³/mol. The molecule has 0 atom stereocenters. The van der Waals surface area contributed by atoms with Crippen LogP contribution in [0.5, 0.6) is 0 Å². The van der Waals surface area contributed by atoms with Gasteiger partial charge in [-0.25, -0.2) is 9.97 Å². The molecule has 1 N–H and O–H groups in total. The van der Waals surface area contributed by atoms with Gasteiger partial charge in [0.25, 0.3) is 5.56 Å². The van der Waals surface area contributed by atoms with Crippen molar-refractivity contribution in [1.29, 1.82) is 0 Å². The number of piperidine rings is 1. The maximum Gasteiger partial charge on any atom is 0.258 e. The maximum absolute atomic E-state index is 12.9. The van der Waals surface area contributed by atoms with E-state index in [0.717, 1.165) is 65.3 Å². The van der Waals surface area contributed by atoms with Gasteiger partial charge in [-0.2, -0.15) is 0 Å². The van der Waals surface area contributed by atoms with E-state index < -0.39 is 0 Å². The molecule has 6 nitrogen and oxygen atoms in total. The van der Waals surface area contributed by atoms with Gasteiger partial charge in [0, 0.05) is 23.9 Å². The highest BCUT2D eigenvalue weighted by Crippen LogP contribution is 2.28. The van der Waals surface area contributed by atoms with E-state index in [4.69, 9.17) is 4.98 Å². The first kappa shape index (κ1) is 18.1. The average molecular weight is 387 g/mol. The zero-order valence-corrected chi connectivity index (χ0v) is 17.1. The monoisotopic (exact) mass is 387 g/mol. The molecule has 1 aromatic carbocycles. The summed E-state index contributed by atoms with van der Waals surface area (Å²) in [5.41, 5.74) is 5.88. The van der Waals surface area contributed by atoms with Crippen molar-refractivity contribution in [1.82, 2.24) is 24.3 Å². The van der Waals surface area contributed by atoms with Gasteiger partial charge in [-0.15, -0.1) is 0 Å². The molecule has 1 fully saturated rings. The maximum atomic E-state index is 12.9. The highest BCUT2D eigenvalue weighted by Gasteiger charge is 2.21. The molecule has 0 unspecified atom stereocenters. The standard InChI is InChI=1S/C23H25N5O/c1-14-10-21-24-15(2)12-28(21)13-19(14)17-4-5-20-18(11-17)23(29)26-22(25-20)16-6-8-27(3)9-7-16/h4-5,10-13,16H,6-9H2,1-3H3,(H,25,26,29). The number of benzene rings is 1. The molecule has 0 amide bonds. The van der Waals surface area contributed by atoms with Crippen molar-refractivity contribution in [2.24, 2.45) is 0 Å². The number of nitrogens with zero attached hydrogens (tertiary/aromatic N) is 4. The molecule has 6 heteroatoms. The van der Waals surface area contributed by atoms with Crippen molar-refractivity contribution < 1.29 is 0 Å². The van der Waals surface area contributed by atoms with Crippen LogP contribution >= 0.6 is 0 Å². The summed E-state index contributed by atoms with van der Waals surface area (Å²) in [6.07, 6.45) is 6.17. The number of imidazole rings is 1. The lowest BCUT2D eigenvalue weighted by Crippen LogP contribution is -2.30. The number of hydrogen-bond donors (Lipinski definition) is 1. The van der Waals surface area contributed by atoms with Gasteiger partial charge < -0.3 is 14.3 Å². The van der Waals surface area contributed by atoms with E-state index in [-0.39, 0.29) is 5.56 Å². The Balaban J connectivity index is 1.57. The Bertz CT molecular complexity index is 1280. The van der Waals surface area contributed by atoms with Crippen molar-refractivity contribution in [2.45, 2.75) is 32.6 Å². The van der Waals surface area contributed by atoms with Crippen LogP contribution in [-0.4, -0.2) is 44.4 Å². The summed E-state index contributed by atoms with van der Waals surface area (Å²) in [4.78, 5) is 27.6. The second-order valence-corrected chi connectivity index (χ2v) is 8.28. The van der Waals surface area contributed by atoms with E-state index in [1.54, 1.807) is 0 Å². The molecule has 5 rings (SSSR count). The first-order chi connectivity index (χ1) is 14.0. The Labute approximate surface area is 169 Å². The number of rotatable bonds is 2. The van der Waals surface area contributed by atoms with Crippen LogP contribution in [-0.2, 0) is 0 Å². The summed E-state index contributed by atoms with van der Waals surface area (Å²) in [6.45, 7) is 6.15. The molecular formula is C23H25N5O. The Hall–Kier alpha value is -2.99. The largest absolute Gasteiger partial charge is 0.310 e. The van der Waals surface area contributed by atoms with Gasteiger partial charge in [-0.1, -0.05) is 6.07 Å². The van der Waals surface area contributed by atoms with Crippen LogP contribution in [0.2, 0.25) is 0 Å². The van der Waals surface area contributed by atoms with E-state index >= 15 is 0 Å². The third-order valence-electron chi connectivity index (χ3n) is 6.06. The van der Waals surface area contributed by atoms with Gasteiger partial charge in [0.15, 0.2) is 0 Å². The fraction of sp³-hybridized carbons (Fsp3) is 0.348. The molecule has 0 aliphatic carbocycles. The van der Waals surface area contributed by atoms with E-state index in [2.05, 4.69) is 47.2 Å². The molecule has 0 saturated carbocycles. The summed E-state index contributed by atoms with van der Waals surface area (Å²) in [7, 11) is 2.14. The van der Waals surface area contributed by atoms with Gasteiger partial charge in [-0.3, -0.25) is 4.79 Å². The second-order valence-electron chi connectivity index (χ2n) is 8.28. The smallest absolute Gasteiger partial charge is 0.258 e. The average Bonchev–Trinajstić information content (AvgIpc) is 3.06. The third kappa shape index (κ3) is 3.23. The number of pyridine rings is 1. The van der Waals surface area contributed by atoms with Crippen molar-refractivity contribution in [3.05, 3.63) is 64.1 Å². The van der Waals surface area contributed by atoms with Gasteiger partial charge in [0.05, 0.1) is 16.6 Å². The van der Waals surface area contributed by atoms with E-state index in [1.807, 2.05) is 29.7 Å². The van der Waals surface area contributed by atoms with Gasteiger partial charge in [-0.05, 0) is 76.2 Å². The number of nitrogens with one attached hydrogen (secondary N) is 1. The van der Waals surface area contributed by atoms with Crippen molar-refractivity contribution in [3.63, 3.8) is 0 Å². The molecule has 0 radical (unpaired) electrons. The quantitative estimate of drug-likeness (QED) is 0.570. The first-order valence-corrected chi connectivity index (χ1v) is 10.2. The van der Waals surface area contributed by atoms with E-state index in [0.29, 0.717) is 11.3 Å². The molecule has 1 aliphatic heterocycles. The number of aromatic nitrogens is 4. The lowest BCUT2D eigenvalue weighted by Gasteiger charge is -2.28. The fourth-order valence-electron chi connectivity index (χ4n) is 4.36. The van der Waals surface area contributed by atoms with Crippen molar-refractivity contribution in [2.75, 3.05) is 20.1 Å². The molecule has 4 aromatic rings. The van der Waals surface area contributed by atoms with Crippen molar-refractivity contribution >= 4 is 16.6 Å². The number of aryl methyl sites for hydroxylation is 2. The normalized spacial score (nSPS) is 16.1. The van der Waals surface area contributed by atoms with Crippen LogP contribution in [0.3, 0.4) is 0 Å². The number of fused-ring (bicyclic) bond motifs is 2. The SMILES string of the molecule is Cc1cn2cc(-c3ccc4nc(C5CCN(C)CC5)[nH]c(=O)c4c3)c(C)cc2n1. The minimum absolute atomic E-state index is 0.0528. The van der Waals surface area contributed by atoms with Gasteiger partial charge in [0.2, 0.25) is 0 Å². The Morgan fingerprint density at radius 1 is 1.07 bits per heavy atom. The zero-order chi connectivity index (χ0) is 20.1. The lowest BCUT2D eigenvalue weighted by molar-refractivity contribution is 0.251. The summed E-state index contributed by atoms with van der Waals surface area (Å²) < 4.78 is 2.04. The fourth-order valence-corrected chi connectivity index (χ4v) is 4.36. The van der Waals surface area contributed by atoms with Crippen LogP contribution in [0.15, 0.2) is 41.5 Å². The van der Waals surface area contributed by atoms with E-state index in [9.17, 15) is 4.79 Å². The minimum atomic E-state index is -0.0528. The van der Waals surface area contributed by atoms with Gasteiger partial charge in [0.1, 0.15) is 11.5 Å². The highest BCUT2D eigenvalue weighted by molar-refractivity contribution is 5.84. The van der Waals surface area contributed by atoms with Crippen LogP contribution in [0.25, 0.3) is 27.7 Å². The topological polar surface area (TPSA) is 66.3 Å². The molecule has 1 saturated heterocycles. The Kier molecular flexibility index (Phi) is 4.24. The minimum Gasteiger partial charge on any atom is -0.310 e. The molecule has 3 aromatic heterocycles. The Morgan fingerprint density at radius 2 is 1.86 bits per heavy atom. The molecule has 1 aliphatic rings. The summed E-state index contributed by atoms with van der Waals surface area (Å²) in [5, 5.41) is 0.639. The number of hydrogen-bond acceptors (Lipinski definition) is 4. The number of aromatic amines is 1. The van der Waals surface area contributed by atoms with Crippen LogP contribution in [0, 0.1) is 13.8 Å². The van der Waals surface area contributed by atoms with Crippen LogP contribution in [0.4, 0.5) is 0 Å².